The van der Waals surface area contributed by atoms with Gasteiger partial charge in [0, 0.05) is 18.9 Å². The topological polar surface area (TPSA) is 48.6 Å². The van der Waals surface area contributed by atoms with Crippen LogP contribution in [0.25, 0.3) is 11.4 Å². The molecule has 0 radical (unpaired) electrons. The summed E-state index contributed by atoms with van der Waals surface area (Å²) in [7, 11) is 4.11. The summed E-state index contributed by atoms with van der Waals surface area (Å²) in [6, 6.07) is 15.4. The minimum atomic E-state index is -0.107. The summed E-state index contributed by atoms with van der Waals surface area (Å²) < 4.78 is 15.1. The molecule has 1 fully saturated rings. The normalized spacial score (nSPS) is 14.3. The Morgan fingerprint density at radius 2 is 1.42 bits per heavy atom. The lowest BCUT2D eigenvalue weighted by Gasteiger charge is -2.13. The van der Waals surface area contributed by atoms with Crippen molar-refractivity contribution < 1.29 is 9.47 Å². The lowest BCUT2D eigenvalue weighted by atomic mass is 10.2. The van der Waals surface area contributed by atoms with Gasteiger partial charge in [0.1, 0.15) is 11.5 Å². The molecule has 164 valence electrons. The quantitative estimate of drug-likeness (QED) is 0.484. The molecule has 0 bridgehead atoms. The molecule has 4 rings (SSSR count). The molecule has 0 amide bonds. The van der Waals surface area contributed by atoms with Gasteiger partial charge in [-0.3, -0.25) is 9.13 Å². The first kappa shape index (κ1) is 21.2. The Hall–Kier alpha value is -2.99. The van der Waals surface area contributed by atoms with Crippen LogP contribution in [0.3, 0.4) is 0 Å². The van der Waals surface area contributed by atoms with Crippen LogP contribution in [0.15, 0.2) is 65.7 Å². The molecule has 0 unspecified atom stereocenters. The van der Waals surface area contributed by atoms with Crippen LogP contribution < -0.4 is 15.2 Å². The smallest absolute Gasteiger partial charge is 0.337 e. The Kier molecular flexibility index (Phi) is 6.77. The fourth-order valence-electron chi connectivity index (χ4n) is 3.93. The van der Waals surface area contributed by atoms with Crippen molar-refractivity contribution >= 4 is 0 Å². The van der Waals surface area contributed by atoms with Gasteiger partial charge in [0.25, 0.3) is 0 Å². The van der Waals surface area contributed by atoms with E-state index in [4.69, 9.17) is 9.47 Å². The summed E-state index contributed by atoms with van der Waals surface area (Å²) in [6.45, 7) is 1.67. The van der Waals surface area contributed by atoms with Gasteiger partial charge in [-0.1, -0.05) is 0 Å². The molecule has 0 saturated heterocycles. The SMILES string of the molecule is CN(C)CCCOc1ccc(-n2ccn(-c3ccc(OC4CCCC4)cc3)c2=O)cc1. The van der Waals surface area contributed by atoms with Gasteiger partial charge >= 0.3 is 5.69 Å². The summed E-state index contributed by atoms with van der Waals surface area (Å²) in [5, 5.41) is 0. The van der Waals surface area contributed by atoms with Crippen LogP contribution in [-0.2, 0) is 0 Å². The first-order valence-corrected chi connectivity index (χ1v) is 11.1. The van der Waals surface area contributed by atoms with Gasteiger partial charge in [0.2, 0.25) is 0 Å². The van der Waals surface area contributed by atoms with Crippen LogP contribution in [-0.4, -0.2) is 47.4 Å². The fraction of sp³-hybridized carbons (Fsp3) is 0.400. The molecule has 3 aromatic rings. The number of ether oxygens (including phenoxy) is 2. The molecular formula is C25H31N3O3. The highest BCUT2D eigenvalue weighted by molar-refractivity contribution is 5.40. The van der Waals surface area contributed by atoms with Gasteiger partial charge in [-0.2, -0.15) is 0 Å². The standard InChI is InChI=1S/C25H31N3O3/c1-26(2)16-5-19-30-22-12-8-20(9-13-22)27-17-18-28(25(27)29)21-10-14-24(15-11-21)31-23-6-3-4-7-23/h8-15,17-18,23H,3-7,16,19H2,1-2H3. The van der Waals surface area contributed by atoms with Crippen LogP contribution in [0.4, 0.5) is 0 Å². The minimum absolute atomic E-state index is 0.107. The van der Waals surface area contributed by atoms with Crippen molar-refractivity contribution in [3.8, 4) is 22.9 Å². The molecule has 1 heterocycles. The molecule has 6 heteroatoms. The van der Waals surface area contributed by atoms with E-state index in [0.29, 0.717) is 12.7 Å². The Morgan fingerprint density at radius 1 is 0.871 bits per heavy atom. The predicted molar refractivity (Wildman–Crippen MR) is 123 cm³/mol. The van der Waals surface area contributed by atoms with Crippen molar-refractivity contribution in [2.45, 2.75) is 38.2 Å². The Morgan fingerprint density at radius 3 is 1.97 bits per heavy atom. The van der Waals surface area contributed by atoms with E-state index in [1.165, 1.54) is 12.8 Å². The van der Waals surface area contributed by atoms with Crippen molar-refractivity contribution in [3.05, 3.63) is 71.4 Å². The zero-order valence-electron chi connectivity index (χ0n) is 18.4. The summed E-state index contributed by atoms with van der Waals surface area (Å²) in [5.41, 5.74) is 1.53. The van der Waals surface area contributed by atoms with E-state index in [0.717, 1.165) is 48.7 Å². The monoisotopic (exact) mass is 421 g/mol. The van der Waals surface area contributed by atoms with Gasteiger partial charge in [0.15, 0.2) is 0 Å². The first-order chi connectivity index (χ1) is 15.1. The van der Waals surface area contributed by atoms with Gasteiger partial charge in [-0.05, 0) is 94.7 Å². The second kappa shape index (κ2) is 9.88. The van der Waals surface area contributed by atoms with E-state index in [1.807, 2.05) is 48.5 Å². The third kappa shape index (κ3) is 5.39. The molecule has 0 atom stereocenters. The third-order valence-corrected chi connectivity index (χ3v) is 5.63. The molecule has 6 nitrogen and oxygen atoms in total. The van der Waals surface area contributed by atoms with E-state index >= 15 is 0 Å². The van der Waals surface area contributed by atoms with Crippen molar-refractivity contribution in [3.63, 3.8) is 0 Å². The average molecular weight is 422 g/mol. The van der Waals surface area contributed by atoms with Crippen molar-refractivity contribution in [1.82, 2.24) is 14.0 Å². The molecule has 31 heavy (non-hydrogen) atoms. The second-order valence-electron chi connectivity index (χ2n) is 8.34. The maximum atomic E-state index is 13.0. The van der Waals surface area contributed by atoms with E-state index in [-0.39, 0.29) is 5.69 Å². The second-order valence-corrected chi connectivity index (χ2v) is 8.34. The lowest BCUT2D eigenvalue weighted by Crippen LogP contribution is -2.21. The van der Waals surface area contributed by atoms with Crippen LogP contribution in [0.1, 0.15) is 32.1 Å². The predicted octanol–water partition coefficient (Wildman–Crippen LogP) is 4.28. The van der Waals surface area contributed by atoms with Crippen LogP contribution in [0.2, 0.25) is 0 Å². The average Bonchev–Trinajstić information content (AvgIpc) is 3.42. The first-order valence-electron chi connectivity index (χ1n) is 11.1. The van der Waals surface area contributed by atoms with Crippen LogP contribution >= 0.6 is 0 Å². The molecule has 0 aliphatic heterocycles. The highest BCUT2D eigenvalue weighted by atomic mass is 16.5. The summed E-state index contributed by atoms with van der Waals surface area (Å²) in [6.07, 6.45) is 9.63. The molecule has 0 spiro atoms. The molecule has 1 aliphatic carbocycles. The molecule has 1 saturated carbocycles. The Balaban J connectivity index is 1.41. The van der Waals surface area contributed by atoms with Crippen molar-refractivity contribution in [1.29, 1.82) is 0 Å². The molecular weight excluding hydrogens is 390 g/mol. The maximum Gasteiger partial charge on any atom is 0.337 e. The highest BCUT2D eigenvalue weighted by Gasteiger charge is 2.16. The van der Waals surface area contributed by atoms with E-state index < -0.39 is 0 Å². The zero-order chi connectivity index (χ0) is 21.6. The third-order valence-electron chi connectivity index (χ3n) is 5.63. The number of hydrogen-bond donors (Lipinski definition) is 0. The molecule has 1 aliphatic rings. The van der Waals surface area contributed by atoms with Crippen molar-refractivity contribution in [2.75, 3.05) is 27.2 Å². The molecule has 0 N–H and O–H groups in total. The molecule has 2 aromatic carbocycles. The van der Waals surface area contributed by atoms with E-state index in [1.54, 1.807) is 21.5 Å². The number of rotatable bonds is 9. The van der Waals surface area contributed by atoms with Gasteiger partial charge in [-0.15, -0.1) is 0 Å². The number of benzene rings is 2. The number of nitrogens with zero attached hydrogens (tertiary/aromatic N) is 3. The van der Waals surface area contributed by atoms with E-state index in [2.05, 4.69) is 19.0 Å². The van der Waals surface area contributed by atoms with Crippen LogP contribution in [0.5, 0.6) is 11.5 Å². The number of hydrogen-bond acceptors (Lipinski definition) is 4. The minimum Gasteiger partial charge on any atom is -0.494 e. The van der Waals surface area contributed by atoms with Gasteiger partial charge in [0.05, 0.1) is 24.1 Å². The lowest BCUT2D eigenvalue weighted by molar-refractivity contribution is 0.210. The van der Waals surface area contributed by atoms with Crippen molar-refractivity contribution in [2.24, 2.45) is 0 Å². The molecule has 1 aromatic heterocycles. The summed E-state index contributed by atoms with van der Waals surface area (Å²) in [5.74, 6) is 1.68. The summed E-state index contributed by atoms with van der Waals surface area (Å²) in [4.78, 5) is 15.1. The fourth-order valence-corrected chi connectivity index (χ4v) is 3.93. The van der Waals surface area contributed by atoms with E-state index in [9.17, 15) is 4.79 Å². The van der Waals surface area contributed by atoms with Gasteiger partial charge in [-0.25, -0.2) is 4.79 Å². The van der Waals surface area contributed by atoms with Gasteiger partial charge < -0.3 is 14.4 Å². The largest absolute Gasteiger partial charge is 0.494 e. The maximum absolute atomic E-state index is 13.0. The Labute approximate surface area is 183 Å². The number of imidazole rings is 1. The zero-order valence-corrected chi connectivity index (χ0v) is 18.4. The van der Waals surface area contributed by atoms with Crippen LogP contribution in [0, 0.1) is 0 Å². The Bertz CT molecular complexity index is 1010. The summed E-state index contributed by atoms with van der Waals surface area (Å²) >= 11 is 0. The number of aromatic nitrogens is 2. The highest BCUT2D eigenvalue weighted by Crippen LogP contribution is 2.24.